The molecule has 2 aliphatic rings. The van der Waals surface area contributed by atoms with E-state index in [2.05, 4.69) is 10.1 Å². The average Bonchev–Trinajstić information content (AvgIpc) is 2.88. The van der Waals surface area contributed by atoms with E-state index in [9.17, 15) is 9.90 Å². The Bertz CT molecular complexity index is 534. The number of ether oxygens (including phenoxy) is 1. The first-order valence-electron chi connectivity index (χ1n) is 8.26. The molecule has 23 heavy (non-hydrogen) atoms. The highest BCUT2D eigenvalue weighted by Gasteiger charge is 2.36. The van der Waals surface area contributed by atoms with E-state index in [1.165, 1.54) is 0 Å². The first kappa shape index (κ1) is 16.4. The second-order valence-corrected chi connectivity index (χ2v) is 6.45. The number of likely N-dealkylation sites (tertiary alicyclic amines) is 1. The molecule has 0 unspecified atom stereocenters. The van der Waals surface area contributed by atoms with E-state index in [1.807, 2.05) is 18.7 Å². The van der Waals surface area contributed by atoms with Gasteiger partial charge in [-0.3, -0.25) is 14.6 Å². The lowest BCUT2D eigenvalue weighted by molar-refractivity contribution is -0.146. The number of morpholine rings is 1. The van der Waals surface area contributed by atoms with Crippen LogP contribution in [0.15, 0.2) is 4.52 Å². The molecular formula is C16H25N3O4. The number of hydrogen-bond donors (Lipinski definition) is 1. The van der Waals surface area contributed by atoms with Gasteiger partial charge in [-0.2, -0.15) is 0 Å². The molecule has 0 aliphatic carbocycles. The molecule has 7 nitrogen and oxygen atoms in total. The van der Waals surface area contributed by atoms with Crippen molar-refractivity contribution in [2.24, 2.45) is 0 Å². The molecule has 0 spiro atoms. The second kappa shape index (κ2) is 6.98. The van der Waals surface area contributed by atoms with Crippen molar-refractivity contribution in [3.8, 4) is 0 Å². The molecule has 0 radical (unpaired) electrons. The van der Waals surface area contributed by atoms with Crippen molar-refractivity contribution in [1.82, 2.24) is 15.0 Å². The minimum absolute atomic E-state index is 0.334. The molecule has 2 saturated heterocycles. The highest BCUT2D eigenvalue weighted by molar-refractivity contribution is 5.73. The number of nitrogens with zero attached hydrogens (tertiary/aromatic N) is 3. The second-order valence-electron chi connectivity index (χ2n) is 6.45. The van der Waals surface area contributed by atoms with Crippen LogP contribution in [-0.4, -0.2) is 71.0 Å². The predicted octanol–water partition coefficient (Wildman–Crippen LogP) is 1.04. The van der Waals surface area contributed by atoms with Crippen molar-refractivity contribution in [1.29, 1.82) is 0 Å². The number of carboxylic acids is 1. The summed E-state index contributed by atoms with van der Waals surface area (Å²) in [5, 5.41) is 13.6. The van der Waals surface area contributed by atoms with Crippen LogP contribution in [0.1, 0.15) is 29.9 Å². The van der Waals surface area contributed by atoms with Crippen molar-refractivity contribution in [2.75, 3.05) is 32.8 Å². The summed E-state index contributed by atoms with van der Waals surface area (Å²) in [5.74, 6) is 0.0386. The Morgan fingerprint density at radius 1 is 1.30 bits per heavy atom. The Labute approximate surface area is 136 Å². The zero-order chi connectivity index (χ0) is 16.4. The quantitative estimate of drug-likeness (QED) is 0.887. The molecule has 2 atom stereocenters. The first-order valence-corrected chi connectivity index (χ1v) is 8.26. The first-order chi connectivity index (χ1) is 11.1. The van der Waals surface area contributed by atoms with E-state index >= 15 is 0 Å². The number of aliphatic carboxylic acids is 1. The van der Waals surface area contributed by atoms with Crippen LogP contribution in [0.25, 0.3) is 0 Å². The predicted molar refractivity (Wildman–Crippen MR) is 83.2 cm³/mol. The van der Waals surface area contributed by atoms with Gasteiger partial charge >= 0.3 is 5.97 Å². The molecular weight excluding hydrogens is 298 g/mol. The lowest BCUT2D eigenvalue weighted by Crippen LogP contribution is -2.54. The van der Waals surface area contributed by atoms with Crippen molar-refractivity contribution < 1.29 is 19.2 Å². The molecule has 1 N–H and O–H groups in total. The monoisotopic (exact) mass is 323 g/mol. The fourth-order valence-electron chi connectivity index (χ4n) is 3.65. The minimum Gasteiger partial charge on any atom is -0.480 e. The molecule has 2 aliphatic heterocycles. The van der Waals surface area contributed by atoms with E-state index in [0.717, 1.165) is 56.3 Å². The maximum absolute atomic E-state index is 11.8. The molecule has 0 bridgehead atoms. The van der Waals surface area contributed by atoms with Gasteiger partial charge in [-0.15, -0.1) is 0 Å². The van der Waals surface area contributed by atoms with E-state index < -0.39 is 12.0 Å². The van der Waals surface area contributed by atoms with Gasteiger partial charge in [0.25, 0.3) is 0 Å². The lowest BCUT2D eigenvalue weighted by atomic mass is 9.94. The third-order valence-electron chi connectivity index (χ3n) is 5.08. The Morgan fingerprint density at radius 2 is 2.04 bits per heavy atom. The van der Waals surface area contributed by atoms with Gasteiger partial charge in [-0.25, -0.2) is 0 Å². The van der Waals surface area contributed by atoms with Gasteiger partial charge in [-0.05, 0) is 26.7 Å². The van der Waals surface area contributed by atoms with Gasteiger partial charge in [0.05, 0.1) is 18.9 Å². The van der Waals surface area contributed by atoms with Gasteiger partial charge in [-0.1, -0.05) is 5.16 Å². The molecule has 7 heteroatoms. The molecule has 128 valence electrons. The number of aromatic nitrogens is 1. The number of hydrogen-bond acceptors (Lipinski definition) is 6. The fourth-order valence-corrected chi connectivity index (χ4v) is 3.65. The normalized spacial score (nSPS) is 27.2. The summed E-state index contributed by atoms with van der Waals surface area (Å²) in [7, 11) is 0. The highest BCUT2D eigenvalue weighted by Crippen LogP contribution is 2.26. The van der Waals surface area contributed by atoms with Gasteiger partial charge < -0.3 is 14.4 Å². The fraction of sp³-hybridized carbons (Fsp3) is 0.750. The van der Waals surface area contributed by atoms with Gasteiger partial charge in [0.2, 0.25) is 0 Å². The SMILES string of the molecule is Cc1noc(C)c1CN1CC[C@H](N2CCOCC2)C[C@@H]1C(=O)O. The standard InChI is InChI=1S/C16H25N3O4/c1-11-14(12(2)23-17-11)10-19-4-3-13(9-15(19)16(20)21)18-5-7-22-8-6-18/h13,15H,3-10H2,1-2H3,(H,20,21)/t13-,15+/m0/s1. The molecule has 0 amide bonds. The molecule has 1 aromatic heterocycles. The van der Waals surface area contributed by atoms with Gasteiger partial charge in [0.1, 0.15) is 11.8 Å². The van der Waals surface area contributed by atoms with Crippen LogP contribution in [0.3, 0.4) is 0 Å². The Hall–Kier alpha value is -1.44. The van der Waals surface area contributed by atoms with Gasteiger partial charge in [0.15, 0.2) is 0 Å². The Balaban J connectivity index is 1.69. The van der Waals surface area contributed by atoms with Crippen molar-refractivity contribution in [3.05, 3.63) is 17.0 Å². The van der Waals surface area contributed by atoms with Crippen LogP contribution in [0, 0.1) is 13.8 Å². The van der Waals surface area contributed by atoms with Crippen molar-refractivity contribution in [2.45, 2.75) is 45.3 Å². The van der Waals surface area contributed by atoms with Gasteiger partial charge in [0, 0.05) is 37.8 Å². The number of piperidine rings is 1. The minimum atomic E-state index is -0.741. The summed E-state index contributed by atoms with van der Waals surface area (Å²) in [6.45, 7) is 8.46. The lowest BCUT2D eigenvalue weighted by Gasteiger charge is -2.43. The van der Waals surface area contributed by atoms with E-state index in [0.29, 0.717) is 19.0 Å². The summed E-state index contributed by atoms with van der Waals surface area (Å²) in [5.41, 5.74) is 1.86. The van der Waals surface area contributed by atoms with E-state index in [4.69, 9.17) is 9.26 Å². The van der Waals surface area contributed by atoms with Crippen LogP contribution in [-0.2, 0) is 16.1 Å². The molecule has 0 saturated carbocycles. The Kier molecular flexibility index (Phi) is 4.99. The topological polar surface area (TPSA) is 79.0 Å². The number of carbonyl (C=O) groups is 1. The van der Waals surface area contributed by atoms with E-state index in [-0.39, 0.29) is 0 Å². The number of rotatable bonds is 4. The van der Waals surface area contributed by atoms with Crippen LogP contribution >= 0.6 is 0 Å². The van der Waals surface area contributed by atoms with Crippen LogP contribution < -0.4 is 0 Å². The maximum Gasteiger partial charge on any atom is 0.320 e. The molecule has 3 rings (SSSR count). The summed E-state index contributed by atoms with van der Waals surface area (Å²) in [4.78, 5) is 16.2. The Morgan fingerprint density at radius 3 is 2.65 bits per heavy atom. The molecule has 3 heterocycles. The zero-order valence-corrected chi connectivity index (χ0v) is 13.8. The molecule has 1 aromatic rings. The third kappa shape index (κ3) is 3.57. The largest absolute Gasteiger partial charge is 0.480 e. The molecule has 0 aromatic carbocycles. The number of aryl methyl sites for hydroxylation is 2. The zero-order valence-electron chi connectivity index (χ0n) is 13.8. The van der Waals surface area contributed by atoms with Crippen molar-refractivity contribution >= 4 is 5.97 Å². The average molecular weight is 323 g/mol. The summed E-state index contributed by atoms with van der Waals surface area (Å²) < 4.78 is 10.6. The van der Waals surface area contributed by atoms with Crippen molar-refractivity contribution in [3.63, 3.8) is 0 Å². The third-order valence-corrected chi connectivity index (χ3v) is 5.08. The van der Waals surface area contributed by atoms with Crippen LogP contribution in [0.5, 0.6) is 0 Å². The summed E-state index contributed by atoms with van der Waals surface area (Å²) >= 11 is 0. The van der Waals surface area contributed by atoms with Crippen LogP contribution in [0.2, 0.25) is 0 Å². The smallest absolute Gasteiger partial charge is 0.320 e. The van der Waals surface area contributed by atoms with E-state index in [1.54, 1.807) is 0 Å². The maximum atomic E-state index is 11.8. The highest BCUT2D eigenvalue weighted by atomic mass is 16.5. The number of carboxylic acid groups (broad SMARTS) is 1. The molecule has 2 fully saturated rings. The van der Waals surface area contributed by atoms with Crippen LogP contribution in [0.4, 0.5) is 0 Å². The summed E-state index contributed by atoms with van der Waals surface area (Å²) in [6, 6.07) is -0.119. The summed E-state index contributed by atoms with van der Waals surface area (Å²) in [6.07, 6.45) is 1.66.